The number of carbonyl (C=O) groups is 1. The van der Waals surface area contributed by atoms with Gasteiger partial charge in [0.2, 0.25) is 0 Å². The van der Waals surface area contributed by atoms with Crippen molar-refractivity contribution in [3.63, 3.8) is 0 Å². The number of amides is 2. The normalized spacial score (nSPS) is 16.6. The molecule has 7 nitrogen and oxygen atoms in total. The van der Waals surface area contributed by atoms with Crippen molar-refractivity contribution < 1.29 is 9.18 Å². The largest absolute Gasteiger partial charge is 0.334 e. The third-order valence-corrected chi connectivity index (χ3v) is 9.16. The number of hydrogen-bond donors (Lipinski definition) is 1. The van der Waals surface area contributed by atoms with Gasteiger partial charge >= 0.3 is 6.03 Å². The number of piperidine rings is 1. The number of anilines is 1. The molecule has 0 aliphatic carbocycles. The molecule has 1 fully saturated rings. The summed E-state index contributed by atoms with van der Waals surface area (Å²) in [6.07, 6.45) is 5.45. The third kappa shape index (κ3) is 4.58. The van der Waals surface area contributed by atoms with Gasteiger partial charge in [0.25, 0.3) is 0 Å². The van der Waals surface area contributed by atoms with Crippen molar-refractivity contribution in [2.24, 2.45) is 0 Å². The van der Waals surface area contributed by atoms with E-state index in [9.17, 15) is 9.18 Å². The summed E-state index contributed by atoms with van der Waals surface area (Å²) in [7, 11) is 0. The molecular weight excluding hydrogens is 547 g/mol. The van der Waals surface area contributed by atoms with Crippen LogP contribution in [0.15, 0.2) is 67.0 Å². The van der Waals surface area contributed by atoms with E-state index in [0.29, 0.717) is 18.2 Å². The van der Waals surface area contributed by atoms with Gasteiger partial charge in [-0.05, 0) is 97.1 Å². The van der Waals surface area contributed by atoms with Gasteiger partial charge in [-0.2, -0.15) is 4.37 Å². The Morgan fingerprint density at radius 3 is 2.83 bits per heavy atom. The topological polar surface area (TPSA) is 74.2 Å². The van der Waals surface area contributed by atoms with Gasteiger partial charge in [-0.25, -0.2) is 14.2 Å². The van der Waals surface area contributed by atoms with Crippen molar-refractivity contribution in [1.82, 2.24) is 24.6 Å². The molecule has 0 bridgehead atoms. The summed E-state index contributed by atoms with van der Waals surface area (Å²) in [6, 6.07) is 16.3. The molecule has 0 unspecified atom stereocenters. The fourth-order valence-electron chi connectivity index (χ4n) is 6.19. The van der Waals surface area contributed by atoms with Crippen molar-refractivity contribution in [1.29, 1.82) is 0 Å². The Morgan fingerprint density at radius 1 is 1.10 bits per heavy atom. The maximum atomic E-state index is 13.6. The molecule has 3 aromatic heterocycles. The van der Waals surface area contributed by atoms with Crippen LogP contribution in [0.3, 0.4) is 0 Å². The minimum atomic E-state index is -0.250. The average molecular weight is 573 g/mol. The highest BCUT2D eigenvalue weighted by Crippen LogP contribution is 2.50. The molecule has 0 radical (unpaired) electrons. The second kappa shape index (κ2) is 10.1. The predicted octanol–water partition coefficient (Wildman–Crippen LogP) is 6.30. The van der Waals surface area contributed by atoms with E-state index in [0.717, 1.165) is 70.4 Å². The van der Waals surface area contributed by atoms with E-state index in [4.69, 9.17) is 16.6 Å². The molecule has 1 spiro atoms. The first kappa shape index (κ1) is 25.3. The minimum absolute atomic E-state index is 0.118. The Hall–Kier alpha value is -3.66. The molecule has 2 aromatic carbocycles. The van der Waals surface area contributed by atoms with E-state index in [1.54, 1.807) is 18.3 Å². The number of hydrogen-bond acceptors (Lipinski definition) is 6. The number of halogens is 2. The second-order valence-corrected chi connectivity index (χ2v) is 11.8. The Morgan fingerprint density at radius 2 is 1.98 bits per heavy atom. The molecule has 7 rings (SSSR count). The van der Waals surface area contributed by atoms with Gasteiger partial charge < -0.3 is 5.32 Å². The van der Waals surface area contributed by atoms with Crippen molar-refractivity contribution in [3.05, 3.63) is 94.8 Å². The first-order valence-corrected chi connectivity index (χ1v) is 14.4. The monoisotopic (exact) mass is 572 g/mol. The van der Waals surface area contributed by atoms with E-state index >= 15 is 0 Å². The number of nitrogens with one attached hydrogen (secondary N) is 1. The van der Waals surface area contributed by atoms with E-state index in [1.807, 2.05) is 29.3 Å². The molecular formula is C30H26ClFN6OS. The number of urea groups is 1. The molecule has 5 heterocycles. The first-order valence-electron chi connectivity index (χ1n) is 13.3. The number of carbonyl (C=O) groups excluding carboxylic acids is 1. The quantitative estimate of drug-likeness (QED) is 0.256. The summed E-state index contributed by atoms with van der Waals surface area (Å²) < 4.78 is 19.2. The second-order valence-electron chi connectivity index (χ2n) is 10.6. The van der Waals surface area contributed by atoms with Crippen molar-refractivity contribution in [2.45, 2.75) is 31.3 Å². The lowest BCUT2D eigenvalue weighted by molar-refractivity contribution is 0.159. The molecule has 1 saturated heterocycles. The number of benzene rings is 2. The molecule has 2 aliphatic rings. The van der Waals surface area contributed by atoms with Crippen LogP contribution in [0.1, 0.15) is 29.7 Å². The fraction of sp³-hybridized carbons (Fsp3) is 0.267. The smallest absolute Gasteiger partial charge is 0.322 e. The fourth-order valence-corrected chi connectivity index (χ4v) is 7.04. The average Bonchev–Trinajstić information content (AvgIpc) is 3.56. The summed E-state index contributed by atoms with van der Waals surface area (Å²) >= 11 is 7.52. The SMILES string of the molecule is O=C(NCc1ccnc(Cl)c1)N1CC2(CCN(Cc3ccc4cc(F)ccc4n3)CC2)c2c1ccc1sncc21. The van der Waals surface area contributed by atoms with Gasteiger partial charge in [-0.3, -0.25) is 14.8 Å². The molecule has 5 aromatic rings. The van der Waals surface area contributed by atoms with Gasteiger partial charge in [0.1, 0.15) is 11.0 Å². The number of rotatable bonds is 4. The maximum absolute atomic E-state index is 13.6. The number of fused-ring (bicyclic) bond motifs is 5. The van der Waals surface area contributed by atoms with E-state index in [1.165, 1.54) is 29.2 Å². The third-order valence-electron chi connectivity index (χ3n) is 8.19. The standard InChI is InChI=1S/C30H26ClFN6OS/c31-27-13-19(7-10-33-27)15-34-29(39)38-18-30(28-23-16-35-40-26(23)6-5-25(28)38)8-11-37(12-9-30)17-22-3-1-20-14-21(32)2-4-24(20)36-22/h1-7,10,13-14,16H,8-9,11-12,15,17-18H2,(H,34,39). The molecule has 10 heteroatoms. The van der Waals surface area contributed by atoms with Crippen LogP contribution in [0.2, 0.25) is 5.15 Å². The molecule has 0 atom stereocenters. The lowest BCUT2D eigenvalue weighted by Crippen LogP contribution is -2.47. The number of aromatic nitrogens is 3. The van der Waals surface area contributed by atoms with Crippen molar-refractivity contribution in [3.8, 4) is 0 Å². The molecule has 0 saturated carbocycles. The van der Waals surface area contributed by atoms with Gasteiger partial charge in [-0.1, -0.05) is 17.7 Å². The summed E-state index contributed by atoms with van der Waals surface area (Å²) in [4.78, 5) is 26.6. The van der Waals surface area contributed by atoms with Crippen LogP contribution in [0, 0.1) is 5.82 Å². The highest BCUT2D eigenvalue weighted by Gasteiger charge is 2.47. The number of nitrogens with zero attached hydrogens (tertiary/aromatic N) is 5. The minimum Gasteiger partial charge on any atom is -0.334 e. The zero-order valence-electron chi connectivity index (χ0n) is 21.6. The molecule has 2 aliphatic heterocycles. The van der Waals surface area contributed by atoms with Crippen LogP contribution in [0.25, 0.3) is 21.0 Å². The predicted molar refractivity (Wildman–Crippen MR) is 156 cm³/mol. The highest BCUT2D eigenvalue weighted by molar-refractivity contribution is 7.13. The summed E-state index contributed by atoms with van der Waals surface area (Å²) in [5.41, 5.74) is 4.75. The van der Waals surface area contributed by atoms with Crippen molar-refractivity contribution >= 4 is 55.8 Å². The zero-order valence-corrected chi connectivity index (χ0v) is 23.2. The van der Waals surface area contributed by atoms with Crippen molar-refractivity contribution in [2.75, 3.05) is 24.5 Å². The Kier molecular flexibility index (Phi) is 6.37. The zero-order chi connectivity index (χ0) is 27.3. The van der Waals surface area contributed by atoms with Crippen LogP contribution in [-0.2, 0) is 18.5 Å². The molecule has 40 heavy (non-hydrogen) atoms. The van der Waals surface area contributed by atoms with E-state index < -0.39 is 0 Å². The maximum Gasteiger partial charge on any atom is 0.322 e. The Balaban J connectivity index is 1.11. The summed E-state index contributed by atoms with van der Waals surface area (Å²) in [5, 5.41) is 5.44. The lowest BCUT2D eigenvalue weighted by atomic mass is 9.73. The lowest BCUT2D eigenvalue weighted by Gasteiger charge is -2.40. The Bertz CT molecular complexity index is 1750. The van der Waals surface area contributed by atoms with Crippen LogP contribution >= 0.6 is 23.1 Å². The van der Waals surface area contributed by atoms with E-state index in [-0.39, 0.29) is 17.3 Å². The van der Waals surface area contributed by atoms with Gasteiger partial charge in [-0.15, -0.1) is 0 Å². The van der Waals surface area contributed by atoms with Crippen LogP contribution in [-0.4, -0.2) is 44.9 Å². The Labute approximate surface area is 239 Å². The highest BCUT2D eigenvalue weighted by atomic mass is 35.5. The molecule has 202 valence electrons. The molecule has 2 amide bonds. The van der Waals surface area contributed by atoms with Gasteiger partial charge in [0, 0.05) is 48.2 Å². The first-order chi connectivity index (χ1) is 19.5. The van der Waals surface area contributed by atoms with Gasteiger partial charge in [0.15, 0.2) is 0 Å². The van der Waals surface area contributed by atoms with Crippen LogP contribution in [0.5, 0.6) is 0 Å². The summed E-state index contributed by atoms with van der Waals surface area (Å²) in [5.74, 6) is -0.250. The summed E-state index contributed by atoms with van der Waals surface area (Å²) in [6.45, 7) is 3.53. The van der Waals surface area contributed by atoms with Crippen LogP contribution in [0.4, 0.5) is 14.9 Å². The van der Waals surface area contributed by atoms with Gasteiger partial charge in [0.05, 0.1) is 21.6 Å². The number of likely N-dealkylation sites (tertiary alicyclic amines) is 1. The number of pyridine rings is 2. The molecule has 1 N–H and O–H groups in total. The van der Waals surface area contributed by atoms with E-state index in [2.05, 4.69) is 31.7 Å². The van der Waals surface area contributed by atoms with Crippen LogP contribution < -0.4 is 10.2 Å².